The van der Waals surface area contributed by atoms with E-state index < -0.39 is 0 Å². The number of nitrogens with zero attached hydrogens (tertiary/aromatic N) is 4. The Kier molecular flexibility index (Phi) is 9.78. The van der Waals surface area contributed by atoms with E-state index in [4.69, 9.17) is 9.47 Å². The maximum absolute atomic E-state index is 5.68. The maximum atomic E-state index is 5.68. The van der Waals surface area contributed by atoms with Crippen molar-refractivity contribution >= 4 is 35.6 Å². The Bertz CT molecular complexity index is 702. The summed E-state index contributed by atoms with van der Waals surface area (Å²) in [6.45, 7) is 6.43. The van der Waals surface area contributed by atoms with Crippen LogP contribution in [0.4, 0.5) is 0 Å². The Labute approximate surface area is 177 Å². The van der Waals surface area contributed by atoms with Crippen molar-refractivity contribution in [3.05, 3.63) is 30.2 Å². The number of hydrogen-bond acceptors (Lipinski definition) is 5. The van der Waals surface area contributed by atoms with E-state index in [1.807, 2.05) is 35.7 Å². The van der Waals surface area contributed by atoms with E-state index in [-0.39, 0.29) is 24.0 Å². The fourth-order valence-corrected chi connectivity index (χ4v) is 2.86. The third-order valence-corrected chi connectivity index (χ3v) is 4.19. The highest BCUT2D eigenvalue weighted by Gasteiger charge is 2.14. The van der Waals surface area contributed by atoms with E-state index in [0.717, 1.165) is 63.0 Å². The molecule has 0 aliphatic carbocycles. The summed E-state index contributed by atoms with van der Waals surface area (Å²) in [5.74, 6) is 1.59. The molecule has 150 valence electrons. The molecule has 1 aliphatic rings. The second kappa shape index (κ2) is 12.1. The molecule has 0 radical (unpaired) electrons. The summed E-state index contributed by atoms with van der Waals surface area (Å²) < 4.78 is 13.2. The number of aliphatic imine (C=N–C) groups is 1. The summed E-state index contributed by atoms with van der Waals surface area (Å²) in [5.41, 5.74) is 0.832. The van der Waals surface area contributed by atoms with Gasteiger partial charge in [-0.1, -0.05) is 6.07 Å². The largest absolute Gasteiger partial charge is 0.379 e. The van der Waals surface area contributed by atoms with Crippen molar-refractivity contribution in [2.45, 2.75) is 38.8 Å². The van der Waals surface area contributed by atoms with Crippen LogP contribution in [0.25, 0.3) is 5.65 Å². The third kappa shape index (κ3) is 6.89. The van der Waals surface area contributed by atoms with Gasteiger partial charge in [0.1, 0.15) is 6.54 Å². The van der Waals surface area contributed by atoms with Crippen LogP contribution in [0.5, 0.6) is 0 Å². The number of guanidine groups is 1. The Balaban J connectivity index is 0.00000261. The van der Waals surface area contributed by atoms with Gasteiger partial charge < -0.3 is 20.1 Å². The number of halogens is 1. The van der Waals surface area contributed by atoms with Crippen molar-refractivity contribution in [2.24, 2.45) is 4.99 Å². The number of rotatable bonds is 9. The first-order valence-corrected chi connectivity index (χ1v) is 9.37. The van der Waals surface area contributed by atoms with Gasteiger partial charge in [-0.05, 0) is 38.3 Å². The van der Waals surface area contributed by atoms with Crippen LogP contribution in [-0.4, -0.2) is 59.6 Å². The lowest BCUT2D eigenvalue weighted by atomic mass is 10.2. The molecule has 1 fully saturated rings. The molecule has 0 bridgehead atoms. The van der Waals surface area contributed by atoms with Gasteiger partial charge in [0, 0.05) is 32.5 Å². The summed E-state index contributed by atoms with van der Waals surface area (Å²) in [6.07, 6.45) is 5.43. The molecule has 1 unspecified atom stereocenters. The van der Waals surface area contributed by atoms with Crippen LogP contribution in [0, 0.1) is 0 Å². The summed E-state index contributed by atoms with van der Waals surface area (Å²) in [4.78, 5) is 4.60. The van der Waals surface area contributed by atoms with Crippen molar-refractivity contribution < 1.29 is 9.47 Å². The summed E-state index contributed by atoms with van der Waals surface area (Å²) in [7, 11) is 0. The fraction of sp³-hybridized carbons (Fsp3) is 0.611. The molecule has 2 N–H and O–H groups in total. The highest BCUT2D eigenvalue weighted by atomic mass is 127. The summed E-state index contributed by atoms with van der Waals surface area (Å²) in [6, 6.07) is 5.84. The van der Waals surface area contributed by atoms with E-state index in [1.54, 1.807) is 0 Å². The van der Waals surface area contributed by atoms with E-state index in [1.165, 1.54) is 0 Å². The van der Waals surface area contributed by atoms with Crippen LogP contribution in [-0.2, 0) is 16.0 Å². The van der Waals surface area contributed by atoms with E-state index in [0.29, 0.717) is 19.3 Å². The van der Waals surface area contributed by atoms with Gasteiger partial charge in [0.15, 0.2) is 17.4 Å². The second-order valence-electron chi connectivity index (χ2n) is 6.23. The lowest BCUT2D eigenvalue weighted by Crippen LogP contribution is -2.38. The predicted octanol–water partition coefficient (Wildman–Crippen LogP) is 1.99. The minimum Gasteiger partial charge on any atom is -0.379 e. The fourth-order valence-electron chi connectivity index (χ4n) is 2.86. The van der Waals surface area contributed by atoms with Gasteiger partial charge in [-0.3, -0.25) is 4.40 Å². The van der Waals surface area contributed by atoms with Gasteiger partial charge in [-0.2, -0.15) is 0 Å². The molecule has 1 atom stereocenters. The molecule has 0 spiro atoms. The SMILES string of the molecule is CCNC(=NCc1nnc2ccccn12)NCCCOCC1CCCO1.I. The lowest BCUT2D eigenvalue weighted by molar-refractivity contribution is 0.0168. The van der Waals surface area contributed by atoms with Crippen LogP contribution in [0.2, 0.25) is 0 Å². The quantitative estimate of drug-likeness (QED) is 0.243. The number of pyridine rings is 1. The Morgan fingerprint density at radius 1 is 1.37 bits per heavy atom. The first-order valence-electron chi connectivity index (χ1n) is 9.37. The van der Waals surface area contributed by atoms with Gasteiger partial charge in [0.2, 0.25) is 0 Å². The van der Waals surface area contributed by atoms with Crippen molar-refractivity contribution in [1.82, 2.24) is 25.2 Å². The van der Waals surface area contributed by atoms with Gasteiger partial charge in [0.25, 0.3) is 0 Å². The van der Waals surface area contributed by atoms with E-state index >= 15 is 0 Å². The maximum Gasteiger partial charge on any atom is 0.191 e. The lowest BCUT2D eigenvalue weighted by Gasteiger charge is -2.12. The first kappa shape index (κ1) is 21.8. The topological polar surface area (TPSA) is 85.1 Å². The number of hydrogen-bond donors (Lipinski definition) is 2. The number of fused-ring (bicyclic) bond motifs is 1. The monoisotopic (exact) mass is 488 g/mol. The molecule has 1 aliphatic heterocycles. The molecule has 3 rings (SSSR count). The standard InChI is InChI=1S/C18H28N6O2.HI/c1-2-19-18(20-9-6-11-25-14-15-7-5-12-26-15)21-13-17-23-22-16-8-3-4-10-24(16)17;/h3-4,8,10,15H,2,5-7,9,11-14H2,1H3,(H2,19,20,21);1H. The normalized spacial score (nSPS) is 17.1. The Morgan fingerprint density at radius 2 is 2.30 bits per heavy atom. The average Bonchev–Trinajstić information content (AvgIpc) is 3.32. The van der Waals surface area contributed by atoms with Crippen LogP contribution < -0.4 is 10.6 Å². The van der Waals surface area contributed by atoms with Gasteiger partial charge in [-0.15, -0.1) is 34.2 Å². The van der Waals surface area contributed by atoms with Crippen molar-refractivity contribution in [2.75, 3.05) is 32.9 Å². The Hall–Kier alpha value is -1.46. The second-order valence-corrected chi connectivity index (χ2v) is 6.23. The van der Waals surface area contributed by atoms with Gasteiger partial charge >= 0.3 is 0 Å². The minimum atomic E-state index is 0. The molecule has 3 heterocycles. The molecule has 0 amide bonds. The predicted molar refractivity (Wildman–Crippen MR) is 116 cm³/mol. The molecule has 27 heavy (non-hydrogen) atoms. The van der Waals surface area contributed by atoms with E-state index in [2.05, 4.69) is 25.8 Å². The first-order chi connectivity index (χ1) is 12.9. The minimum absolute atomic E-state index is 0. The van der Waals surface area contributed by atoms with Crippen LogP contribution in [0.1, 0.15) is 32.0 Å². The van der Waals surface area contributed by atoms with Gasteiger partial charge in [0.05, 0.1) is 12.7 Å². The molecule has 1 saturated heterocycles. The highest BCUT2D eigenvalue weighted by Crippen LogP contribution is 2.11. The van der Waals surface area contributed by atoms with Crippen LogP contribution in [0.15, 0.2) is 29.4 Å². The zero-order valence-electron chi connectivity index (χ0n) is 15.8. The van der Waals surface area contributed by atoms with Gasteiger partial charge in [-0.25, -0.2) is 4.99 Å². The average molecular weight is 488 g/mol. The zero-order chi connectivity index (χ0) is 18.0. The molecule has 0 saturated carbocycles. The number of nitrogens with one attached hydrogen (secondary N) is 2. The van der Waals surface area contributed by atoms with Crippen molar-refractivity contribution in [3.8, 4) is 0 Å². The molecule has 0 aromatic carbocycles. The zero-order valence-corrected chi connectivity index (χ0v) is 18.1. The summed E-state index contributed by atoms with van der Waals surface area (Å²) >= 11 is 0. The molecule has 2 aromatic heterocycles. The molecule has 9 heteroatoms. The smallest absolute Gasteiger partial charge is 0.191 e. The van der Waals surface area contributed by atoms with E-state index in [9.17, 15) is 0 Å². The van der Waals surface area contributed by atoms with Crippen molar-refractivity contribution in [3.63, 3.8) is 0 Å². The van der Waals surface area contributed by atoms with Crippen LogP contribution >= 0.6 is 24.0 Å². The van der Waals surface area contributed by atoms with Crippen molar-refractivity contribution in [1.29, 1.82) is 0 Å². The highest BCUT2D eigenvalue weighted by molar-refractivity contribution is 14.0. The number of ether oxygens (including phenoxy) is 2. The van der Waals surface area contributed by atoms with Crippen LogP contribution in [0.3, 0.4) is 0 Å². The molecular weight excluding hydrogens is 459 g/mol. The summed E-state index contributed by atoms with van der Waals surface area (Å²) in [5, 5.41) is 14.9. The number of aromatic nitrogens is 3. The molecule has 2 aromatic rings. The third-order valence-electron chi connectivity index (χ3n) is 4.19. The Morgan fingerprint density at radius 3 is 3.11 bits per heavy atom. The molecular formula is C18H29IN6O2. The molecule has 8 nitrogen and oxygen atoms in total.